The predicted molar refractivity (Wildman–Crippen MR) is 93.4 cm³/mol. The van der Waals surface area contributed by atoms with Crippen LogP contribution in [0.3, 0.4) is 0 Å². The second-order valence-electron chi connectivity index (χ2n) is 7.00. The molecule has 1 aromatic rings. The molecule has 2 N–H and O–H groups in total. The normalized spacial score (nSPS) is 18.3. The van der Waals surface area contributed by atoms with Gasteiger partial charge in [0.1, 0.15) is 0 Å². The smallest absolute Gasteiger partial charge is 0.165 e. The van der Waals surface area contributed by atoms with Crippen LogP contribution in [0.1, 0.15) is 45.1 Å². The van der Waals surface area contributed by atoms with E-state index in [9.17, 15) is 4.39 Å². The number of hydrogen-bond donors (Lipinski definition) is 1. The minimum absolute atomic E-state index is 0.237. The Labute approximate surface area is 140 Å². The van der Waals surface area contributed by atoms with Gasteiger partial charge < -0.3 is 15.4 Å². The van der Waals surface area contributed by atoms with Gasteiger partial charge >= 0.3 is 0 Å². The molecule has 4 heteroatoms. The molecule has 0 saturated carbocycles. The molecule has 0 aromatic heterocycles. The number of hydrogen-bond acceptors (Lipinski definition) is 3. The fraction of sp³-hybridized carbons (Fsp3) is 0.684. The number of likely N-dealkylation sites (tertiary alicyclic amines) is 1. The lowest BCUT2D eigenvalue weighted by Crippen LogP contribution is -2.38. The van der Waals surface area contributed by atoms with Crippen molar-refractivity contribution in [1.82, 2.24) is 4.90 Å². The maximum atomic E-state index is 14.1. The van der Waals surface area contributed by atoms with Gasteiger partial charge in [0.2, 0.25) is 0 Å². The van der Waals surface area contributed by atoms with Crippen LogP contribution in [0.2, 0.25) is 0 Å². The molecule has 23 heavy (non-hydrogen) atoms. The van der Waals surface area contributed by atoms with Gasteiger partial charge in [0.15, 0.2) is 11.6 Å². The zero-order valence-electron chi connectivity index (χ0n) is 14.7. The van der Waals surface area contributed by atoms with Crippen LogP contribution in [-0.4, -0.2) is 37.7 Å². The van der Waals surface area contributed by atoms with E-state index in [2.05, 4.69) is 18.7 Å². The van der Waals surface area contributed by atoms with Crippen LogP contribution in [0, 0.1) is 17.7 Å². The summed E-state index contributed by atoms with van der Waals surface area (Å²) in [5.41, 5.74) is 7.04. The Balaban J connectivity index is 2.01. The van der Waals surface area contributed by atoms with Crippen molar-refractivity contribution < 1.29 is 9.13 Å². The van der Waals surface area contributed by atoms with Crippen LogP contribution in [0.5, 0.6) is 5.75 Å². The number of rotatable bonds is 7. The highest BCUT2D eigenvalue weighted by Crippen LogP contribution is 2.34. The van der Waals surface area contributed by atoms with Crippen LogP contribution in [0.4, 0.5) is 4.39 Å². The fourth-order valence-electron chi connectivity index (χ4n) is 3.68. The first-order valence-corrected chi connectivity index (χ1v) is 8.89. The van der Waals surface area contributed by atoms with E-state index in [0.717, 1.165) is 38.0 Å². The van der Waals surface area contributed by atoms with E-state index in [1.807, 2.05) is 13.0 Å². The Kier molecular flexibility index (Phi) is 6.85. The van der Waals surface area contributed by atoms with Crippen LogP contribution >= 0.6 is 0 Å². The summed E-state index contributed by atoms with van der Waals surface area (Å²) in [6.45, 7) is 10.8. The third kappa shape index (κ3) is 4.92. The zero-order valence-corrected chi connectivity index (χ0v) is 14.7. The van der Waals surface area contributed by atoms with Gasteiger partial charge in [-0.2, -0.15) is 0 Å². The molecule has 1 aliphatic rings. The quantitative estimate of drug-likeness (QED) is 0.833. The summed E-state index contributed by atoms with van der Waals surface area (Å²) in [6.07, 6.45) is 2.28. The number of halogens is 1. The number of nitrogens with zero attached hydrogens (tertiary/aromatic N) is 1. The van der Waals surface area contributed by atoms with Crippen molar-refractivity contribution in [2.24, 2.45) is 17.6 Å². The standard InChI is InChI=1S/C19H31FN2O/c1-4-23-19-6-5-16(11-18(19)20)17(12-21)15-7-9-22(10-8-15)13-14(2)3/h5-6,11,14-15,17H,4,7-10,12-13,21H2,1-3H3. The summed E-state index contributed by atoms with van der Waals surface area (Å²) in [5.74, 6) is 1.54. The molecule has 0 aliphatic carbocycles. The van der Waals surface area contributed by atoms with Gasteiger partial charge in [0, 0.05) is 6.54 Å². The third-order valence-corrected chi connectivity index (χ3v) is 4.76. The molecule has 1 aromatic carbocycles. The van der Waals surface area contributed by atoms with Crippen LogP contribution in [0.15, 0.2) is 18.2 Å². The first kappa shape index (κ1) is 18.2. The van der Waals surface area contributed by atoms with E-state index in [4.69, 9.17) is 10.5 Å². The van der Waals surface area contributed by atoms with E-state index < -0.39 is 0 Å². The summed E-state index contributed by atoms with van der Waals surface area (Å²) in [7, 11) is 0. The molecule has 1 saturated heterocycles. The molecule has 1 fully saturated rings. The van der Waals surface area contributed by atoms with E-state index in [-0.39, 0.29) is 11.7 Å². The number of piperidine rings is 1. The Hall–Kier alpha value is -1.13. The van der Waals surface area contributed by atoms with Crippen molar-refractivity contribution in [1.29, 1.82) is 0 Å². The molecule has 0 bridgehead atoms. The van der Waals surface area contributed by atoms with E-state index in [1.54, 1.807) is 12.1 Å². The highest BCUT2D eigenvalue weighted by atomic mass is 19.1. The summed E-state index contributed by atoms with van der Waals surface area (Å²) in [5, 5.41) is 0. The average molecular weight is 322 g/mol. The third-order valence-electron chi connectivity index (χ3n) is 4.76. The largest absolute Gasteiger partial charge is 0.491 e. The lowest BCUT2D eigenvalue weighted by molar-refractivity contribution is 0.155. The van der Waals surface area contributed by atoms with Crippen molar-refractivity contribution in [3.05, 3.63) is 29.6 Å². The molecule has 3 nitrogen and oxygen atoms in total. The Morgan fingerprint density at radius 3 is 2.52 bits per heavy atom. The Morgan fingerprint density at radius 2 is 2.00 bits per heavy atom. The second-order valence-corrected chi connectivity index (χ2v) is 7.00. The highest BCUT2D eigenvalue weighted by molar-refractivity contribution is 5.32. The van der Waals surface area contributed by atoms with Gasteiger partial charge in [-0.1, -0.05) is 19.9 Å². The average Bonchev–Trinajstić information content (AvgIpc) is 2.52. The van der Waals surface area contributed by atoms with Crippen LogP contribution < -0.4 is 10.5 Å². The second kappa shape index (κ2) is 8.65. The molecule has 130 valence electrons. The van der Waals surface area contributed by atoms with E-state index >= 15 is 0 Å². The minimum Gasteiger partial charge on any atom is -0.491 e. The number of benzene rings is 1. The Morgan fingerprint density at radius 1 is 1.30 bits per heavy atom. The predicted octanol–water partition coefficient (Wildman–Crippen LogP) is 3.63. The van der Waals surface area contributed by atoms with Gasteiger partial charge in [-0.25, -0.2) is 4.39 Å². The molecule has 1 aliphatic heterocycles. The summed E-state index contributed by atoms with van der Waals surface area (Å²) < 4.78 is 19.4. The summed E-state index contributed by atoms with van der Waals surface area (Å²) in [6, 6.07) is 5.33. The lowest BCUT2D eigenvalue weighted by atomic mass is 9.80. The summed E-state index contributed by atoms with van der Waals surface area (Å²) >= 11 is 0. The molecule has 1 heterocycles. The lowest BCUT2D eigenvalue weighted by Gasteiger charge is -2.36. The van der Waals surface area contributed by atoms with E-state index in [0.29, 0.717) is 30.7 Å². The van der Waals surface area contributed by atoms with Gasteiger partial charge in [0.05, 0.1) is 6.61 Å². The van der Waals surface area contributed by atoms with Gasteiger partial charge in [-0.3, -0.25) is 0 Å². The van der Waals surface area contributed by atoms with Crippen molar-refractivity contribution in [3.63, 3.8) is 0 Å². The molecular weight excluding hydrogens is 291 g/mol. The van der Waals surface area contributed by atoms with Crippen LogP contribution in [-0.2, 0) is 0 Å². The molecule has 1 atom stereocenters. The van der Waals surface area contributed by atoms with Crippen molar-refractivity contribution in [2.45, 2.75) is 39.5 Å². The zero-order chi connectivity index (χ0) is 16.8. The first-order chi connectivity index (χ1) is 11.0. The summed E-state index contributed by atoms with van der Waals surface area (Å²) in [4.78, 5) is 2.54. The maximum Gasteiger partial charge on any atom is 0.165 e. The van der Waals surface area contributed by atoms with Crippen LogP contribution in [0.25, 0.3) is 0 Å². The molecule has 0 amide bonds. The van der Waals surface area contributed by atoms with Gasteiger partial charge in [-0.15, -0.1) is 0 Å². The van der Waals surface area contributed by atoms with E-state index in [1.165, 1.54) is 0 Å². The monoisotopic (exact) mass is 322 g/mol. The minimum atomic E-state index is -0.278. The molecule has 2 rings (SSSR count). The molecular formula is C19H31FN2O. The van der Waals surface area contributed by atoms with Gasteiger partial charge in [-0.05, 0) is 74.8 Å². The number of ether oxygens (including phenoxy) is 1. The Bertz CT molecular complexity index is 484. The fourth-order valence-corrected chi connectivity index (χ4v) is 3.68. The SMILES string of the molecule is CCOc1ccc(C(CN)C2CCN(CC(C)C)CC2)cc1F. The molecule has 1 unspecified atom stereocenters. The molecule has 0 radical (unpaired) electrons. The maximum absolute atomic E-state index is 14.1. The van der Waals surface area contributed by atoms with Crippen molar-refractivity contribution >= 4 is 0 Å². The molecule has 0 spiro atoms. The van der Waals surface area contributed by atoms with Crippen molar-refractivity contribution in [2.75, 3.05) is 32.8 Å². The number of nitrogens with two attached hydrogens (primary N) is 1. The topological polar surface area (TPSA) is 38.5 Å². The first-order valence-electron chi connectivity index (χ1n) is 8.89. The van der Waals surface area contributed by atoms with Gasteiger partial charge in [0.25, 0.3) is 0 Å². The highest BCUT2D eigenvalue weighted by Gasteiger charge is 2.27. The van der Waals surface area contributed by atoms with Crippen molar-refractivity contribution in [3.8, 4) is 5.75 Å².